The van der Waals surface area contributed by atoms with Crippen molar-refractivity contribution in [2.45, 2.75) is 13.3 Å². The molecule has 4 rings (SSSR count). The van der Waals surface area contributed by atoms with Gasteiger partial charge in [-0.05, 0) is 24.5 Å². The van der Waals surface area contributed by atoms with E-state index in [1.54, 1.807) is 11.8 Å². The predicted octanol–water partition coefficient (Wildman–Crippen LogP) is 4.59. The van der Waals surface area contributed by atoms with Crippen molar-refractivity contribution in [2.24, 2.45) is 0 Å². The van der Waals surface area contributed by atoms with E-state index in [0.29, 0.717) is 23.7 Å². The molecule has 1 aliphatic heterocycles. The third-order valence-corrected chi connectivity index (χ3v) is 6.22. The van der Waals surface area contributed by atoms with Gasteiger partial charge in [0, 0.05) is 18.7 Å². The van der Waals surface area contributed by atoms with Gasteiger partial charge in [-0.15, -0.1) is 11.3 Å². The lowest BCUT2D eigenvalue weighted by Gasteiger charge is -2.26. The minimum atomic E-state index is -0.502. The third-order valence-electron chi connectivity index (χ3n) is 5.04. The number of carbonyl (C=O) groups is 2. The standard InChI is InChI=1S/C24H22N2O3S/c1-17-22(30-23(25-17)20-10-6-3-7-11-20)24(28)29-16-21(27)26-14-12-19(13-15-26)18-8-4-2-5-9-18/h2-12H,13-16H2,1H3. The molecule has 0 saturated carbocycles. The van der Waals surface area contributed by atoms with E-state index in [-0.39, 0.29) is 12.5 Å². The minimum Gasteiger partial charge on any atom is -0.451 e. The van der Waals surface area contributed by atoms with Crippen molar-refractivity contribution in [3.63, 3.8) is 0 Å². The van der Waals surface area contributed by atoms with Gasteiger partial charge in [-0.25, -0.2) is 9.78 Å². The molecule has 2 aromatic carbocycles. The van der Waals surface area contributed by atoms with Crippen LogP contribution in [0.15, 0.2) is 66.7 Å². The Morgan fingerprint density at radius 1 is 1.03 bits per heavy atom. The van der Waals surface area contributed by atoms with Crippen LogP contribution in [0.2, 0.25) is 0 Å². The number of hydrogen-bond acceptors (Lipinski definition) is 5. The first-order valence-corrected chi connectivity index (χ1v) is 10.7. The summed E-state index contributed by atoms with van der Waals surface area (Å²) >= 11 is 1.29. The van der Waals surface area contributed by atoms with E-state index in [1.165, 1.54) is 22.5 Å². The summed E-state index contributed by atoms with van der Waals surface area (Å²) in [5.74, 6) is -0.685. The Balaban J connectivity index is 1.34. The average Bonchev–Trinajstić information content (AvgIpc) is 3.20. The summed E-state index contributed by atoms with van der Waals surface area (Å²) < 4.78 is 5.30. The molecule has 0 N–H and O–H groups in total. The molecular formula is C24H22N2O3S. The molecule has 0 aliphatic carbocycles. The number of aryl methyl sites for hydroxylation is 1. The highest BCUT2D eigenvalue weighted by molar-refractivity contribution is 7.17. The maximum atomic E-state index is 12.5. The van der Waals surface area contributed by atoms with Crippen LogP contribution in [-0.2, 0) is 9.53 Å². The number of thiazole rings is 1. The Morgan fingerprint density at radius 3 is 2.33 bits per heavy atom. The average molecular weight is 419 g/mol. The van der Waals surface area contributed by atoms with Crippen molar-refractivity contribution < 1.29 is 14.3 Å². The molecule has 0 spiro atoms. The lowest BCUT2D eigenvalue weighted by atomic mass is 10.00. The zero-order valence-corrected chi connectivity index (χ0v) is 17.5. The SMILES string of the molecule is Cc1nc(-c2ccccc2)sc1C(=O)OCC(=O)N1CC=C(c2ccccc2)CC1. The Kier molecular flexibility index (Phi) is 6.05. The summed E-state index contributed by atoms with van der Waals surface area (Å²) in [5.41, 5.74) is 4.00. The molecule has 0 atom stereocenters. The van der Waals surface area contributed by atoms with Gasteiger partial charge >= 0.3 is 5.97 Å². The van der Waals surface area contributed by atoms with E-state index in [0.717, 1.165) is 17.0 Å². The molecule has 0 bridgehead atoms. The van der Waals surface area contributed by atoms with Gasteiger partial charge in [-0.2, -0.15) is 0 Å². The molecule has 152 valence electrons. The highest BCUT2D eigenvalue weighted by atomic mass is 32.1. The molecule has 0 saturated heterocycles. The quantitative estimate of drug-likeness (QED) is 0.569. The van der Waals surface area contributed by atoms with Gasteiger partial charge in [0.1, 0.15) is 9.88 Å². The molecule has 0 fully saturated rings. The van der Waals surface area contributed by atoms with Gasteiger partial charge in [0.15, 0.2) is 6.61 Å². The van der Waals surface area contributed by atoms with Gasteiger partial charge in [0.25, 0.3) is 5.91 Å². The second-order valence-corrected chi connectivity index (χ2v) is 8.06. The number of benzene rings is 2. The van der Waals surface area contributed by atoms with Crippen molar-refractivity contribution >= 4 is 28.8 Å². The number of esters is 1. The van der Waals surface area contributed by atoms with E-state index in [9.17, 15) is 9.59 Å². The lowest BCUT2D eigenvalue weighted by Crippen LogP contribution is -2.37. The smallest absolute Gasteiger partial charge is 0.350 e. The predicted molar refractivity (Wildman–Crippen MR) is 118 cm³/mol. The molecule has 3 aromatic rings. The van der Waals surface area contributed by atoms with E-state index in [1.807, 2.05) is 48.5 Å². The normalized spacial score (nSPS) is 13.6. The van der Waals surface area contributed by atoms with Gasteiger partial charge in [0.05, 0.1) is 5.69 Å². The van der Waals surface area contributed by atoms with Crippen molar-refractivity contribution in [2.75, 3.05) is 19.7 Å². The van der Waals surface area contributed by atoms with Crippen molar-refractivity contribution in [1.29, 1.82) is 0 Å². The first-order chi connectivity index (χ1) is 14.6. The molecule has 2 heterocycles. The summed E-state index contributed by atoms with van der Waals surface area (Å²) in [7, 11) is 0. The van der Waals surface area contributed by atoms with Crippen LogP contribution in [0.4, 0.5) is 0 Å². The summed E-state index contributed by atoms with van der Waals surface area (Å²) in [6.45, 7) is 2.67. The second kappa shape index (κ2) is 9.05. The van der Waals surface area contributed by atoms with E-state index in [4.69, 9.17) is 4.74 Å². The van der Waals surface area contributed by atoms with Crippen LogP contribution in [0.25, 0.3) is 16.1 Å². The van der Waals surface area contributed by atoms with Crippen LogP contribution in [-0.4, -0.2) is 41.5 Å². The van der Waals surface area contributed by atoms with Gasteiger partial charge in [-0.3, -0.25) is 4.79 Å². The highest BCUT2D eigenvalue weighted by Gasteiger charge is 2.22. The zero-order valence-electron chi connectivity index (χ0n) is 16.7. The van der Waals surface area contributed by atoms with Crippen LogP contribution in [0, 0.1) is 6.92 Å². The van der Waals surface area contributed by atoms with Crippen LogP contribution in [0.3, 0.4) is 0 Å². The van der Waals surface area contributed by atoms with Gasteiger partial charge < -0.3 is 9.64 Å². The summed E-state index contributed by atoms with van der Waals surface area (Å²) in [6.07, 6.45) is 2.86. The fraction of sp³-hybridized carbons (Fsp3) is 0.208. The molecular weight excluding hydrogens is 396 g/mol. The number of amides is 1. The van der Waals surface area contributed by atoms with Crippen LogP contribution in [0.1, 0.15) is 27.3 Å². The third kappa shape index (κ3) is 4.49. The van der Waals surface area contributed by atoms with Crippen LogP contribution >= 0.6 is 11.3 Å². The van der Waals surface area contributed by atoms with Crippen molar-refractivity contribution in [3.8, 4) is 10.6 Å². The fourth-order valence-electron chi connectivity index (χ4n) is 3.38. The molecule has 5 nitrogen and oxygen atoms in total. The molecule has 0 unspecified atom stereocenters. The number of rotatable bonds is 5. The topological polar surface area (TPSA) is 59.5 Å². The number of aromatic nitrogens is 1. The first kappa shape index (κ1) is 20.0. The van der Waals surface area contributed by atoms with E-state index < -0.39 is 5.97 Å². The van der Waals surface area contributed by atoms with Crippen molar-refractivity contribution in [3.05, 3.63) is 82.9 Å². The molecule has 1 aliphatic rings. The molecule has 1 aromatic heterocycles. The Labute approximate surface area is 179 Å². The monoisotopic (exact) mass is 418 g/mol. The van der Waals surface area contributed by atoms with Gasteiger partial charge in [0.2, 0.25) is 0 Å². The second-order valence-electron chi connectivity index (χ2n) is 7.06. The molecule has 30 heavy (non-hydrogen) atoms. The molecule has 0 radical (unpaired) electrons. The highest BCUT2D eigenvalue weighted by Crippen LogP contribution is 2.28. The Morgan fingerprint density at radius 2 is 1.70 bits per heavy atom. The zero-order chi connectivity index (χ0) is 20.9. The summed E-state index contributed by atoms with van der Waals surface area (Å²) in [6, 6.07) is 19.9. The fourth-order valence-corrected chi connectivity index (χ4v) is 4.35. The van der Waals surface area contributed by atoms with Gasteiger partial charge in [-0.1, -0.05) is 66.7 Å². The number of ether oxygens (including phenoxy) is 1. The van der Waals surface area contributed by atoms with E-state index in [2.05, 4.69) is 23.2 Å². The number of nitrogens with zero attached hydrogens (tertiary/aromatic N) is 2. The Hall–Kier alpha value is -3.25. The minimum absolute atomic E-state index is 0.183. The summed E-state index contributed by atoms with van der Waals surface area (Å²) in [5, 5.41) is 0.765. The van der Waals surface area contributed by atoms with E-state index >= 15 is 0 Å². The summed E-state index contributed by atoms with van der Waals surface area (Å²) in [4.78, 5) is 31.6. The maximum Gasteiger partial charge on any atom is 0.350 e. The number of carbonyl (C=O) groups excluding carboxylic acids is 2. The van der Waals surface area contributed by atoms with Crippen LogP contribution in [0.5, 0.6) is 0 Å². The largest absolute Gasteiger partial charge is 0.451 e. The lowest BCUT2D eigenvalue weighted by molar-refractivity contribution is -0.134. The first-order valence-electron chi connectivity index (χ1n) is 9.84. The number of hydrogen-bond donors (Lipinski definition) is 0. The van der Waals surface area contributed by atoms with Crippen molar-refractivity contribution in [1.82, 2.24) is 9.88 Å². The maximum absolute atomic E-state index is 12.5. The van der Waals surface area contributed by atoms with Crippen LogP contribution < -0.4 is 0 Å². The molecule has 1 amide bonds. The Bertz CT molecular complexity index is 1070. The molecule has 6 heteroatoms.